The Morgan fingerprint density at radius 1 is 1.33 bits per heavy atom. The second-order valence-electron chi connectivity index (χ2n) is 2.18. The highest BCUT2D eigenvalue weighted by atomic mass is 13.6. The Morgan fingerprint density at radius 2 is 1.83 bits per heavy atom. The normalized spacial score (nSPS) is 8.50. The van der Waals surface area contributed by atoms with Crippen LogP contribution in [0.25, 0.3) is 0 Å². The molecule has 0 aliphatic heterocycles. The molecule has 0 heterocycles. The molecule has 0 spiro atoms. The Balaban J connectivity index is 2.63. The lowest BCUT2D eigenvalue weighted by molar-refractivity contribution is 1.06. The third kappa shape index (κ3) is 4.06. The molecule has 1 heteroatoms. The Bertz CT molecular complexity index is 25.1. The molecule has 0 saturated heterocycles. The molecule has 6 heavy (non-hydrogen) atoms. The van der Waals surface area contributed by atoms with Gasteiger partial charge in [0.2, 0.25) is 0 Å². The summed E-state index contributed by atoms with van der Waals surface area (Å²) in [4.78, 5) is 0. The summed E-state index contributed by atoms with van der Waals surface area (Å²) in [5.74, 6) is 0. The van der Waals surface area contributed by atoms with Gasteiger partial charge in [-0.3, -0.25) is 0 Å². The highest BCUT2D eigenvalue weighted by Crippen LogP contribution is 1.92. The maximum Gasteiger partial charge on any atom is 0.133 e. The highest BCUT2D eigenvalue weighted by molar-refractivity contribution is 6.55. The van der Waals surface area contributed by atoms with E-state index in [0.717, 1.165) is 6.71 Å². The van der Waals surface area contributed by atoms with Crippen molar-refractivity contribution < 1.29 is 0 Å². The van der Waals surface area contributed by atoms with Crippen molar-refractivity contribution in [3.63, 3.8) is 0 Å². The van der Waals surface area contributed by atoms with Gasteiger partial charge in [-0.1, -0.05) is 33.3 Å². The third-order valence-electron chi connectivity index (χ3n) is 0.866. The van der Waals surface area contributed by atoms with E-state index in [0.29, 0.717) is 0 Å². The topological polar surface area (TPSA) is 0 Å². The van der Waals surface area contributed by atoms with Crippen molar-refractivity contribution in [2.24, 2.45) is 0 Å². The minimum absolute atomic E-state index is 0.898. The van der Waals surface area contributed by atoms with Crippen molar-refractivity contribution in [1.29, 1.82) is 0 Å². The van der Waals surface area contributed by atoms with Crippen LogP contribution in [0.4, 0.5) is 0 Å². The molecule has 0 aromatic heterocycles. The third-order valence-corrected chi connectivity index (χ3v) is 0.866. The maximum absolute atomic E-state index is 2.25. The van der Waals surface area contributed by atoms with E-state index in [4.69, 9.17) is 0 Å². The second-order valence-corrected chi connectivity index (χ2v) is 2.18. The molecule has 0 aliphatic rings. The fourth-order valence-corrected chi connectivity index (χ4v) is 0.577. The Labute approximate surface area is 41.0 Å². The van der Waals surface area contributed by atoms with Gasteiger partial charge in [0.05, 0.1) is 0 Å². The van der Waals surface area contributed by atoms with Crippen molar-refractivity contribution in [3.8, 4) is 0 Å². The van der Waals surface area contributed by atoms with Gasteiger partial charge in [-0.25, -0.2) is 0 Å². The summed E-state index contributed by atoms with van der Waals surface area (Å²) in [5, 5.41) is 0. The molecule has 0 aliphatic carbocycles. The molecule has 0 unspecified atom stereocenters. The molecular weight excluding hydrogens is 70.9 g/mol. The average molecular weight is 84.0 g/mol. The molecule has 0 aromatic carbocycles. The average Bonchev–Trinajstić information content (AvgIpc) is 1.35. The van der Waals surface area contributed by atoms with Gasteiger partial charge in [0.25, 0.3) is 0 Å². The minimum Gasteiger partial charge on any atom is -0.0863 e. The summed E-state index contributed by atoms with van der Waals surface area (Å²) >= 11 is 0. The second kappa shape index (κ2) is 3.26. The van der Waals surface area contributed by atoms with E-state index in [-0.39, 0.29) is 0 Å². The van der Waals surface area contributed by atoms with Crippen LogP contribution in [-0.4, -0.2) is 6.71 Å². The Hall–Kier alpha value is 0.0649. The van der Waals surface area contributed by atoms with Gasteiger partial charge in [0.1, 0.15) is 6.71 Å². The summed E-state index contributed by atoms with van der Waals surface area (Å²) in [6.07, 6.45) is 2.71. The van der Waals surface area contributed by atoms with E-state index in [1.807, 2.05) is 0 Å². The van der Waals surface area contributed by atoms with Gasteiger partial charge >= 0.3 is 0 Å². The summed E-state index contributed by atoms with van der Waals surface area (Å²) in [6, 6.07) is 0. The van der Waals surface area contributed by atoms with Crippen LogP contribution < -0.4 is 0 Å². The molecule has 0 fully saturated rings. The van der Waals surface area contributed by atoms with E-state index in [2.05, 4.69) is 20.6 Å². The van der Waals surface area contributed by atoms with E-state index >= 15 is 0 Å². The molecule has 0 nitrogen and oxygen atoms in total. The molecule has 0 N–H and O–H groups in total. The molecule has 36 valence electrons. The van der Waals surface area contributed by atoms with Gasteiger partial charge in [-0.2, -0.15) is 0 Å². The number of rotatable bonds is 2. The van der Waals surface area contributed by atoms with Crippen molar-refractivity contribution in [3.05, 3.63) is 0 Å². The number of hydrogen-bond acceptors (Lipinski definition) is 0. The van der Waals surface area contributed by atoms with Crippen LogP contribution in [0.15, 0.2) is 0 Å². The van der Waals surface area contributed by atoms with E-state index in [1.54, 1.807) is 0 Å². The zero-order valence-corrected chi connectivity index (χ0v) is 4.99. The summed E-state index contributed by atoms with van der Waals surface area (Å²) in [7, 11) is 0. The van der Waals surface area contributed by atoms with Crippen molar-refractivity contribution in [2.75, 3.05) is 0 Å². The van der Waals surface area contributed by atoms with Gasteiger partial charge in [-0.15, -0.1) is 0 Å². The monoisotopic (exact) mass is 84.1 g/mol. The standard InChI is InChI=1S/C5H13B/c1-4-5-6(2)3/h4-5H2,1-3H3. The molecule has 0 amide bonds. The molecule has 0 radical (unpaired) electrons. The Kier molecular flexibility index (Phi) is 3.30. The van der Waals surface area contributed by atoms with Crippen LogP contribution in [0.2, 0.25) is 20.0 Å². The Morgan fingerprint density at radius 3 is 1.83 bits per heavy atom. The SMILES string of the molecule is CCCB(C)C. The number of hydrogen-bond donors (Lipinski definition) is 0. The first-order valence-electron chi connectivity index (χ1n) is 2.77. The first-order valence-corrected chi connectivity index (χ1v) is 2.77. The van der Waals surface area contributed by atoms with Crippen LogP contribution in [0, 0.1) is 0 Å². The summed E-state index contributed by atoms with van der Waals surface area (Å²) < 4.78 is 0. The zero-order valence-electron chi connectivity index (χ0n) is 4.99. The van der Waals surface area contributed by atoms with Crippen LogP contribution in [0.5, 0.6) is 0 Å². The fraction of sp³-hybridized carbons (Fsp3) is 1.00. The van der Waals surface area contributed by atoms with Gasteiger partial charge in [-0.05, 0) is 0 Å². The predicted molar refractivity (Wildman–Crippen MR) is 32.6 cm³/mol. The quantitative estimate of drug-likeness (QED) is 0.449. The maximum atomic E-state index is 2.25. The first kappa shape index (κ1) is 6.06. The minimum atomic E-state index is 0.898. The lowest BCUT2D eigenvalue weighted by Gasteiger charge is -1.91. The van der Waals surface area contributed by atoms with E-state index < -0.39 is 0 Å². The van der Waals surface area contributed by atoms with Crippen LogP contribution in [0.1, 0.15) is 13.3 Å². The van der Waals surface area contributed by atoms with Gasteiger partial charge in [0, 0.05) is 0 Å². The van der Waals surface area contributed by atoms with Crippen LogP contribution in [0.3, 0.4) is 0 Å². The van der Waals surface area contributed by atoms with Crippen molar-refractivity contribution in [2.45, 2.75) is 33.3 Å². The summed E-state index contributed by atoms with van der Waals surface area (Å²) in [6.45, 7) is 7.63. The summed E-state index contributed by atoms with van der Waals surface area (Å²) in [5.41, 5.74) is 0. The van der Waals surface area contributed by atoms with Crippen LogP contribution in [-0.2, 0) is 0 Å². The molecule has 0 saturated carbocycles. The zero-order chi connectivity index (χ0) is 4.99. The van der Waals surface area contributed by atoms with Gasteiger partial charge < -0.3 is 0 Å². The van der Waals surface area contributed by atoms with Crippen molar-refractivity contribution in [1.82, 2.24) is 0 Å². The van der Waals surface area contributed by atoms with Gasteiger partial charge in [0.15, 0.2) is 0 Å². The fourth-order valence-electron chi connectivity index (χ4n) is 0.577. The molecule has 0 atom stereocenters. The molecular formula is C5H13B. The predicted octanol–water partition coefficient (Wildman–Crippen LogP) is 2.15. The van der Waals surface area contributed by atoms with E-state index in [1.165, 1.54) is 12.7 Å². The van der Waals surface area contributed by atoms with E-state index in [9.17, 15) is 0 Å². The molecule has 0 aromatic rings. The van der Waals surface area contributed by atoms with Crippen LogP contribution >= 0.6 is 0 Å². The lowest BCUT2D eigenvalue weighted by atomic mass is 9.52. The lowest BCUT2D eigenvalue weighted by Crippen LogP contribution is -1.95. The van der Waals surface area contributed by atoms with Crippen molar-refractivity contribution >= 4 is 6.71 Å². The largest absolute Gasteiger partial charge is 0.133 e. The smallest absolute Gasteiger partial charge is 0.0863 e. The molecule has 0 rings (SSSR count). The first-order chi connectivity index (χ1) is 2.77. The molecule has 0 bridgehead atoms. The highest BCUT2D eigenvalue weighted by Gasteiger charge is 1.91.